The average Bonchev–Trinajstić information content (AvgIpc) is 3.69. The van der Waals surface area contributed by atoms with E-state index in [0.29, 0.717) is 54.1 Å². The minimum absolute atomic E-state index is 0.0754. The third kappa shape index (κ3) is 6.81. The first kappa shape index (κ1) is 35.0. The summed E-state index contributed by atoms with van der Waals surface area (Å²) in [6.45, 7) is 18.2. The van der Waals surface area contributed by atoms with Crippen molar-refractivity contribution in [3.8, 4) is 6.07 Å². The van der Waals surface area contributed by atoms with E-state index in [1.54, 1.807) is 6.92 Å². The lowest BCUT2D eigenvalue weighted by molar-refractivity contribution is 0.0443. The number of aromatic nitrogens is 2. The van der Waals surface area contributed by atoms with E-state index in [0.717, 1.165) is 61.3 Å². The van der Waals surface area contributed by atoms with Gasteiger partial charge in [0, 0.05) is 41.5 Å². The predicted molar refractivity (Wildman–Crippen MR) is 189 cm³/mol. The number of nitrogens with two attached hydrogens (primary N) is 1. The Hall–Kier alpha value is -2.89. The van der Waals surface area contributed by atoms with Gasteiger partial charge in [-0.3, -0.25) is 0 Å². The summed E-state index contributed by atoms with van der Waals surface area (Å²) in [4.78, 5) is 12.1. The molecule has 3 unspecified atom stereocenters. The first-order valence-electron chi connectivity index (χ1n) is 15.8. The van der Waals surface area contributed by atoms with Crippen LogP contribution in [0.1, 0.15) is 107 Å². The summed E-state index contributed by atoms with van der Waals surface area (Å²) < 4.78 is 21.2. The van der Waals surface area contributed by atoms with Gasteiger partial charge in [0.2, 0.25) is 5.95 Å². The number of benzene rings is 1. The molecule has 1 fully saturated rings. The van der Waals surface area contributed by atoms with Gasteiger partial charge < -0.3 is 20.5 Å². The SMILES string of the molecule is C/C=C(/F)c1sc(N)c(C#N)c1/C(=C(\C)CC)c1c2c(c3cnc(N4CC(C)C(C)(O)C4)nc3c1P)COC2.CCCC(C)C. The first-order valence-corrected chi connectivity index (χ1v) is 17.2. The van der Waals surface area contributed by atoms with Crippen molar-refractivity contribution in [1.29, 1.82) is 5.26 Å². The Kier molecular flexibility index (Phi) is 11.1. The van der Waals surface area contributed by atoms with Crippen molar-refractivity contribution >= 4 is 59.1 Å². The maximum absolute atomic E-state index is 15.3. The van der Waals surface area contributed by atoms with Crippen LogP contribution in [0.4, 0.5) is 15.3 Å². The van der Waals surface area contributed by atoms with Crippen molar-refractivity contribution in [3.05, 3.63) is 50.5 Å². The molecular weight excluding hydrogens is 604 g/mol. The van der Waals surface area contributed by atoms with Crippen molar-refractivity contribution in [2.24, 2.45) is 11.8 Å². The number of anilines is 2. The number of nitrogens with zero attached hydrogens (tertiary/aromatic N) is 4. The van der Waals surface area contributed by atoms with Gasteiger partial charge in [0.15, 0.2) is 0 Å². The lowest BCUT2D eigenvalue weighted by Crippen LogP contribution is -2.33. The number of rotatable bonds is 7. The minimum Gasteiger partial charge on any atom is -0.389 e. The number of aliphatic hydroxyl groups is 1. The monoisotopic (exact) mass is 651 g/mol. The summed E-state index contributed by atoms with van der Waals surface area (Å²) >= 11 is 1.09. The second-order valence-corrected chi connectivity index (χ2v) is 14.4. The summed E-state index contributed by atoms with van der Waals surface area (Å²) in [5.74, 6) is 1.11. The van der Waals surface area contributed by atoms with Crippen molar-refractivity contribution in [3.63, 3.8) is 0 Å². The minimum atomic E-state index is -0.826. The number of allylic oxidation sites excluding steroid dienone is 2. The van der Waals surface area contributed by atoms with Crippen LogP contribution in [0.2, 0.25) is 0 Å². The molecule has 0 aliphatic carbocycles. The van der Waals surface area contributed by atoms with Gasteiger partial charge in [-0.25, -0.2) is 14.4 Å². The molecule has 0 amide bonds. The highest BCUT2D eigenvalue weighted by Crippen LogP contribution is 2.46. The molecule has 0 saturated carbocycles. The Morgan fingerprint density at radius 2 is 2.02 bits per heavy atom. The van der Waals surface area contributed by atoms with Gasteiger partial charge in [0.05, 0.1) is 34.8 Å². The van der Waals surface area contributed by atoms with Crippen LogP contribution in [0.15, 0.2) is 17.8 Å². The lowest BCUT2D eigenvalue weighted by atomic mass is 9.85. The van der Waals surface area contributed by atoms with Gasteiger partial charge >= 0.3 is 0 Å². The van der Waals surface area contributed by atoms with Crippen LogP contribution in [-0.4, -0.2) is 33.8 Å². The summed E-state index contributed by atoms with van der Waals surface area (Å²) in [5.41, 5.74) is 11.7. The Bertz CT molecular complexity index is 1690. The highest BCUT2D eigenvalue weighted by atomic mass is 32.1. The van der Waals surface area contributed by atoms with Crippen LogP contribution in [0, 0.1) is 23.2 Å². The van der Waals surface area contributed by atoms with Gasteiger partial charge in [0.25, 0.3) is 0 Å². The average molecular weight is 652 g/mol. The topological polar surface area (TPSA) is 108 Å². The van der Waals surface area contributed by atoms with Gasteiger partial charge in [0.1, 0.15) is 16.9 Å². The lowest BCUT2D eigenvalue weighted by Gasteiger charge is -2.23. The zero-order valence-electron chi connectivity index (χ0n) is 27.8. The molecule has 4 heterocycles. The molecule has 7 nitrogen and oxygen atoms in total. The van der Waals surface area contributed by atoms with Crippen molar-refractivity contribution in [2.45, 2.75) is 93.5 Å². The zero-order chi connectivity index (χ0) is 33.2. The summed E-state index contributed by atoms with van der Waals surface area (Å²) in [7, 11) is 2.84. The number of nitriles is 1. The first-order chi connectivity index (χ1) is 21.3. The van der Waals surface area contributed by atoms with Gasteiger partial charge in [-0.15, -0.1) is 20.6 Å². The quantitative estimate of drug-likeness (QED) is 0.250. The summed E-state index contributed by atoms with van der Waals surface area (Å²) in [6.07, 6.45) is 6.64. The molecule has 3 N–H and O–H groups in total. The van der Waals surface area contributed by atoms with Crippen LogP contribution in [0.25, 0.3) is 22.3 Å². The van der Waals surface area contributed by atoms with E-state index in [9.17, 15) is 10.4 Å². The fraction of sp³-hybridized carbons (Fsp3) is 0.514. The number of nitrogen functional groups attached to an aromatic ring is 1. The van der Waals surface area contributed by atoms with Gasteiger partial charge in [-0.1, -0.05) is 59.1 Å². The third-order valence-electron chi connectivity index (χ3n) is 8.97. The second kappa shape index (κ2) is 14.3. The Labute approximate surface area is 273 Å². The van der Waals surface area contributed by atoms with Crippen molar-refractivity contribution in [2.75, 3.05) is 23.7 Å². The normalized spacial score (nSPS) is 20.3. The largest absolute Gasteiger partial charge is 0.389 e. The molecule has 2 aromatic heterocycles. The molecule has 5 rings (SSSR count). The number of thiophene rings is 1. The fourth-order valence-electron chi connectivity index (χ4n) is 6.10. The van der Waals surface area contributed by atoms with E-state index >= 15 is 4.39 Å². The van der Waals surface area contributed by atoms with E-state index in [-0.39, 0.29) is 11.5 Å². The molecule has 1 saturated heterocycles. The van der Waals surface area contributed by atoms with Crippen LogP contribution < -0.4 is 15.9 Å². The molecule has 1 aromatic carbocycles. The van der Waals surface area contributed by atoms with Crippen LogP contribution >= 0.6 is 20.6 Å². The number of hydrogen-bond donors (Lipinski definition) is 2. The van der Waals surface area contributed by atoms with Crippen molar-refractivity contribution in [1.82, 2.24) is 9.97 Å². The van der Waals surface area contributed by atoms with E-state index in [4.69, 9.17) is 15.5 Å². The molecule has 0 bridgehead atoms. The number of fused-ring (bicyclic) bond motifs is 3. The predicted octanol–water partition coefficient (Wildman–Crippen LogP) is 7.89. The second-order valence-electron chi connectivity index (χ2n) is 12.8. The smallest absolute Gasteiger partial charge is 0.226 e. The van der Waals surface area contributed by atoms with Crippen LogP contribution in [0.3, 0.4) is 0 Å². The molecular formula is C35H47FN5O2PS. The molecule has 3 aromatic rings. The molecule has 45 heavy (non-hydrogen) atoms. The molecule has 2 aliphatic rings. The Balaban J connectivity index is 0.000000700. The van der Waals surface area contributed by atoms with E-state index in [1.165, 1.54) is 18.9 Å². The molecule has 242 valence electrons. The zero-order valence-corrected chi connectivity index (χ0v) is 29.8. The number of hydrogen-bond acceptors (Lipinski definition) is 8. The van der Waals surface area contributed by atoms with Gasteiger partial charge in [-0.2, -0.15) is 5.26 Å². The molecule has 0 radical (unpaired) electrons. The molecule has 2 aliphatic heterocycles. The number of β-amino-alcohol motifs (C(OH)–C–C–N with tert-alkyl or cyclic N) is 1. The highest BCUT2D eigenvalue weighted by Gasteiger charge is 2.40. The van der Waals surface area contributed by atoms with E-state index in [2.05, 4.69) is 41.1 Å². The Morgan fingerprint density at radius 3 is 2.56 bits per heavy atom. The molecule has 0 spiro atoms. The summed E-state index contributed by atoms with van der Waals surface area (Å²) in [6, 6.07) is 2.24. The van der Waals surface area contributed by atoms with Crippen LogP contribution in [0.5, 0.6) is 0 Å². The maximum Gasteiger partial charge on any atom is 0.226 e. The van der Waals surface area contributed by atoms with Crippen molar-refractivity contribution < 1.29 is 14.2 Å². The third-order valence-corrected chi connectivity index (χ3v) is 10.6. The van der Waals surface area contributed by atoms with Gasteiger partial charge in [-0.05, 0) is 55.4 Å². The van der Waals surface area contributed by atoms with E-state index < -0.39 is 11.4 Å². The summed E-state index contributed by atoms with van der Waals surface area (Å²) in [5, 5.41) is 22.9. The van der Waals surface area contributed by atoms with Crippen LogP contribution in [-0.2, 0) is 18.0 Å². The molecule has 10 heteroatoms. The number of ether oxygens (including phenoxy) is 1. The fourth-order valence-corrected chi connectivity index (χ4v) is 7.63. The Morgan fingerprint density at radius 1 is 1.33 bits per heavy atom. The van der Waals surface area contributed by atoms with E-state index in [1.807, 2.05) is 38.8 Å². The molecule has 3 atom stereocenters. The standard InChI is InChI=1S/C29H33FN5O2PS.C6H14/c1-6-14(3)21(23-16(8-31)27(32)39-26(23)20(30)7-2)22-19-12-37-11-18(19)17-9-33-28(34-24(17)25(22)38)35-10-15(4)29(5,36)13-35;1-4-5-6(2)3/h7,9,15,36H,6,10-13,32,38H2,1-5H3;6H,4-5H2,1-3H3/b20-7+,21-14+;. The number of halogens is 1. The maximum atomic E-state index is 15.3. The highest BCUT2D eigenvalue weighted by molar-refractivity contribution is 7.28.